The lowest BCUT2D eigenvalue weighted by Gasteiger charge is -2.30. The van der Waals surface area contributed by atoms with Crippen molar-refractivity contribution in [3.8, 4) is 0 Å². The van der Waals surface area contributed by atoms with E-state index in [0.717, 1.165) is 4.90 Å². The molecule has 2 N–H and O–H groups in total. The number of halogens is 1. The Morgan fingerprint density at radius 3 is 2.62 bits per heavy atom. The Morgan fingerprint density at radius 2 is 2.05 bits per heavy atom. The molecule has 0 radical (unpaired) electrons. The van der Waals surface area contributed by atoms with Crippen LogP contribution in [-0.4, -0.2) is 41.4 Å². The van der Waals surface area contributed by atoms with Crippen LogP contribution in [0.4, 0.5) is 10.5 Å². The highest BCUT2D eigenvalue weighted by Crippen LogP contribution is 2.29. The summed E-state index contributed by atoms with van der Waals surface area (Å²) in [5, 5.41) is 12.4. The Bertz CT molecular complexity index is 545. The van der Waals surface area contributed by atoms with Crippen molar-refractivity contribution >= 4 is 41.1 Å². The predicted octanol–water partition coefficient (Wildman–Crippen LogP) is 3.39. The third-order valence-corrected chi connectivity index (χ3v) is 4.57. The Hall–Kier alpha value is -1.40. The molecule has 114 valence electrons. The lowest BCUT2D eigenvalue weighted by Crippen LogP contribution is -2.42. The molecule has 0 saturated carbocycles. The first-order valence-electron chi connectivity index (χ1n) is 6.63. The van der Waals surface area contributed by atoms with E-state index in [1.165, 1.54) is 11.8 Å². The number of carboxylic acids is 1. The number of rotatable bonds is 3. The van der Waals surface area contributed by atoms with Crippen molar-refractivity contribution in [3.63, 3.8) is 0 Å². The molecule has 1 fully saturated rings. The maximum Gasteiger partial charge on any atom is 0.321 e. The van der Waals surface area contributed by atoms with E-state index in [0.29, 0.717) is 36.6 Å². The van der Waals surface area contributed by atoms with Crippen molar-refractivity contribution in [2.45, 2.75) is 17.7 Å². The second-order valence-electron chi connectivity index (χ2n) is 4.87. The summed E-state index contributed by atoms with van der Waals surface area (Å²) in [5.41, 5.74) is 0.681. The number of hydrogen-bond donors (Lipinski definition) is 2. The van der Waals surface area contributed by atoms with Gasteiger partial charge in [0.2, 0.25) is 0 Å². The fourth-order valence-corrected chi connectivity index (χ4v) is 3.01. The first kappa shape index (κ1) is 16.0. The van der Waals surface area contributed by atoms with E-state index < -0.39 is 5.97 Å². The van der Waals surface area contributed by atoms with Gasteiger partial charge >= 0.3 is 12.0 Å². The largest absolute Gasteiger partial charge is 0.481 e. The summed E-state index contributed by atoms with van der Waals surface area (Å²) in [4.78, 5) is 25.7. The number of nitrogens with one attached hydrogen (secondary N) is 1. The average Bonchev–Trinajstić information content (AvgIpc) is 2.47. The molecule has 21 heavy (non-hydrogen) atoms. The maximum absolute atomic E-state index is 12.2. The maximum atomic E-state index is 12.2. The van der Waals surface area contributed by atoms with Crippen LogP contribution in [0, 0.1) is 5.92 Å². The Labute approximate surface area is 132 Å². The summed E-state index contributed by atoms with van der Waals surface area (Å²) < 4.78 is 0. The number of hydrogen-bond acceptors (Lipinski definition) is 3. The van der Waals surface area contributed by atoms with Gasteiger partial charge in [0.1, 0.15) is 0 Å². The third kappa shape index (κ3) is 4.04. The number of carbonyl (C=O) groups is 2. The van der Waals surface area contributed by atoms with E-state index in [1.807, 2.05) is 12.3 Å². The summed E-state index contributed by atoms with van der Waals surface area (Å²) >= 11 is 7.49. The number of nitrogens with zero attached hydrogens (tertiary/aromatic N) is 1. The van der Waals surface area contributed by atoms with Crippen LogP contribution < -0.4 is 5.32 Å². The summed E-state index contributed by atoms with van der Waals surface area (Å²) in [6.45, 7) is 0.913. The van der Waals surface area contributed by atoms with Crippen LogP contribution in [0.3, 0.4) is 0 Å². The lowest BCUT2D eigenvalue weighted by atomic mass is 9.97. The number of carbonyl (C=O) groups excluding carboxylic acids is 1. The van der Waals surface area contributed by atoms with Crippen molar-refractivity contribution in [3.05, 3.63) is 23.2 Å². The van der Waals surface area contributed by atoms with Gasteiger partial charge in [0.05, 0.1) is 11.6 Å². The first-order valence-corrected chi connectivity index (χ1v) is 8.24. The van der Waals surface area contributed by atoms with E-state index >= 15 is 0 Å². The van der Waals surface area contributed by atoms with E-state index in [4.69, 9.17) is 16.7 Å². The molecule has 0 aromatic heterocycles. The summed E-state index contributed by atoms with van der Waals surface area (Å²) in [6.07, 6.45) is 2.92. The van der Waals surface area contributed by atoms with Crippen LogP contribution >= 0.6 is 23.4 Å². The standard InChI is InChI=1S/C14H17ClN2O3S/c1-21-12-3-2-10(15)8-11(12)16-14(20)17-6-4-9(5-7-17)13(18)19/h2-3,8-9H,4-7H2,1H3,(H,16,20)(H,18,19). The van der Waals surface area contributed by atoms with Crippen molar-refractivity contribution in [2.75, 3.05) is 24.7 Å². The molecule has 0 bridgehead atoms. The minimum absolute atomic E-state index is 0.212. The second-order valence-corrected chi connectivity index (χ2v) is 6.16. The van der Waals surface area contributed by atoms with Crippen LogP contribution in [0.15, 0.2) is 23.1 Å². The number of aliphatic carboxylic acids is 1. The number of anilines is 1. The van der Waals surface area contributed by atoms with Gasteiger partial charge in [-0.1, -0.05) is 11.6 Å². The van der Waals surface area contributed by atoms with Gasteiger partial charge in [-0.3, -0.25) is 4.79 Å². The molecular weight excluding hydrogens is 312 g/mol. The molecule has 1 heterocycles. The number of carboxylic acid groups (broad SMARTS) is 1. The van der Waals surface area contributed by atoms with Gasteiger partial charge < -0.3 is 15.3 Å². The molecular formula is C14H17ClN2O3S. The normalized spacial score (nSPS) is 15.8. The Kier molecular flexibility index (Phi) is 5.36. The zero-order valence-electron chi connectivity index (χ0n) is 11.6. The molecule has 0 unspecified atom stereocenters. The number of amides is 2. The van der Waals surface area contributed by atoms with Crippen LogP contribution in [-0.2, 0) is 4.79 Å². The van der Waals surface area contributed by atoms with Crippen molar-refractivity contribution < 1.29 is 14.7 Å². The monoisotopic (exact) mass is 328 g/mol. The molecule has 1 aliphatic rings. The van der Waals surface area contributed by atoms with Crippen LogP contribution in [0.1, 0.15) is 12.8 Å². The highest BCUT2D eigenvalue weighted by atomic mass is 35.5. The average molecular weight is 329 g/mol. The molecule has 0 aliphatic carbocycles. The molecule has 1 aromatic rings. The van der Waals surface area contributed by atoms with Gasteiger partial charge in [0.15, 0.2) is 0 Å². The smallest absolute Gasteiger partial charge is 0.321 e. The predicted molar refractivity (Wildman–Crippen MR) is 84.2 cm³/mol. The molecule has 0 spiro atoms. The van der Waals surface area contributed by atoms with E-state index in [1.54, 1.807) is 17.0 Å². The van der Waals surface area contributed by atoms with Crippen LogP contribution in [0.25, 0.3) is 0 Å². The van der Waals surface area contributed by atoms with Crippen LogP contribution in [0.2, 0.25) is 5.02 Å². The summed E-state index contributed by atoms with van der Waals surface area (Å²) in [6, 6.07) is 5.15. The fraction of sp³-hybridized carbons (Fsp3) is 0.429. The van der Waals surface area contributed by atoms with E-state index in [2.05, 4.69) is 5.32 Å². The third-order valence-electron chi connectivity index (χ3n) is 3.53. The number of urea groups is 1. The highest BCUT2D eigenvalue weighted by Gasteiger charge is 2.27. The first-order chi connectivity index (χ1) is 10.0. The number of thioether (sulfide) groups is 1. The van der Waals surface area contributed by atoms with Crippen molar-refractivity contribution in [2.24, 2.45) is 5.92 Å². The minimum Gasteiger partial charge on any atom is -0.481 e. The quantitative estimate of drug-likeness (QED) is 0.834. The lowest BCUT2D eigenvalue weighted by molar-refractivity contribution is -0.143. The molecule has 1 aromatic carbocycles. The second kappa shape index (κ2) is 7.04. The van der Waals surface area contributed by atoms with Gasteiger partial charge in [0, 0.05) is 23.0 Å². The van der Waals surface area contributed by atoms with Gasteiger partial charge in [0.25, 0.3) is 0 Å². The topological polar surface area (TPSA) is 69.6 Å². The van der Waals surface area contributed by atoms with Gasteiger partial charge in [-0.05, 0) is 37.3 Å². The molecule has 2 amide bonds. The molecule has 1 aliphatic heterocycles. The zero-order chi connectivity index (χ0) is 15.4. The molecule has 1 saturated heterocycles. The molecule has 7 heteroatoms. The fourth-order valence-electron chi connectivity index (χ4n) is 2.30. The van der Waals surface area contributed by atoms with Gasteiger partial charge in [-0.25, -0.2) is 4.79 Å². The summed E-state index contributed by atoms with van der Waals surface area (Å²) in [7, 11) is 0. The van der Waals surface area contributed by atoms with Gasteiger partial charge in [-0.15, -0.1) is 11.8 Å². The Morgan fingerprint density at radius 1 is 1.38 bits per heavy atom. The van der Waals surface area contributed by atoms with Crippen molar-refractivity contribution in [1.82, 2.24) is 4.90 Å². The zero-order valence-corrected chi connectivity index (χ0v) is 13.2. The Balaban J connectivity index is 1.99. The van der Waals surface area contributed by atoms with Crippen LogP contribution in [0.5, 0.6) is 0 Å². The minimum atomic E-state index is -0.783. The van der Waals surface area contributed by atoms with E-state index in [9.17, 15) is 9.59 Å². The number of likely N-dealkylation sites (tertiary alicyclic amines) is 1. The van der Waals surface area contributed by atoms with Gasteiger partial charge in [-0.2, -0.15) is 0 Å². The highest BCUT2D eigenvalue weighted by molar-refractivity contribution is 7.98. The molecule has 2 rings (SSSR count). The van der Waals surface area contributed by atoms with Crippen molar-refractivity contribution in [1.29, 1.82) is 0 Å². The number of benzene rings is 1. The summed E-state index contributed by atoms with van der Waals surface area (Å²) in [5.74, 6) is -1.13. The number of piperidine rings is 1. The van der Waals surface area contributed by atoms with E-state index in [-0.39, 0.29) is 11.9 Å². The SMILES string of the molecule is CSc1ccc(Cl)cc1NC(=O)N1CCC(C(=O)O)CC1. The molecule has 5 nitrogen and oxygen atoms in total. The molecule has 0 atom stereocenters.